The van der Waals surface area contributed by atoms with E-state index in [-0.39, 0.29) is 16.5 Å². The zero-order chi connectivity index (χ0) is 13.2. The Bertz CT molecular complexity index is 640. The molecule has 0 radical (unpaired) electrons. The van der Waals surface area contributed by atoms with Crippen LogP contribution in [0.15, 0.2) is 35.4 Å². The highest BCUT2D eigenvalue weighted by Crippen LogP contribution is 2.28. The van der Waals surface area contributed by atoms with Gasteiger partial charge in [0.2, 0.25) is 0 Å². The number of methoxy groups -OCH3 is 1. The van der Waals surface area contributed by atoms with Crippen molar-refractivity contribution in [3.8, 4) is 5.75 Å². The summed E-state index contributed by atoms with van der Waals surface area (Å²) in [7, 11) is -2.39. The van der Waals surface area contributed by atoms with Crippen molar-refractivity contribution in [2.45, 2.75) is 4.90 Å². The van der Waals surface area contributed by atoms with Crippen molar-refractivity contribution < 1.29 is 13.2 Å². The Labute approximate surface area is 109 Å². The van der Waals surface area contributed by atoms with Gasteiger partial charge in [0.25, 0.3) is 10.0 Å². The third kappa shape index (κ3) is 2.57. The molecule has 6 nitrogen and oxygen atoms in total. The van der Waals surface area contributed by atoms with Crippen LogP contribution in [0.2, 0.25) is 5.02 Å². The SMILES string of the molecule is COc1ccc(Cl)cc1S(=O)(=O)Nc1ccn[nH]1. The van der Waals surface area contributed by atoms with E-state index >= 15 is 0 Å². The van der Waals surface area contributed by atoms with Crippen LogP contribution in [0.25, 0.3) is 0 Å². The van der Waals surface area contributed by atoms with E-state index in [1.54, 1.807) is 6.07 Å². The summed E-state index contributed by atoms with van der Waals surface area (Å²) in [5.41, 5.74) is 0. The number of benzene rings is 1. The van der Waals surface area contributed by atoms with Gasteiger partial charge in [0.05, 0.1) is 13.3 Å². The number of nitrogens with one attached hydrogen (secondary N) is 2. The van der Waals surface area contributed by atoms with Crippen LogP contribution in [0.1, 0.15) is 0 Å². The van der Waals surface area contributed by atoms with E-state index in [1.807, 2.05) is 0 Å². The fourth-order valence-electron chi connectivity index (χ4n) is 1.37. The first kappa shape index (κ1) is 12.7. The van der Waals surface area contributed by atoms with Crippen LogP contribution in [0, 0.1) is 0 Å². The Morgan fingerprint density at radius 3 is 2.78 bits per heavy atom. The first-order valence-corrected chi connectivity index (χ1v) is 6.75. The van der Waals surface area contributed by atoms with E-state index < -0.39 is 10.0 Å². The lowest BCUT2D eigenvalue weighted by atomic mass is 10.3. The van der Waals surface area contributed by atoms with Gasteiger partial charge in [-0.25, -0.2) is 8.42 Å². The molecule has 0 aliphatic heterocycles. The van der Waals surface area contributed by atoms with E-state index in [1.165, 1.54) is 31.5 Å². The Balaban J connectivity index is 2.43. The molecule has 0 aliphatic rings. The normalized spacial score (nSPS) is 11.2. The van der Waals surface area contributed by atoms with Gasteiger partial charge < -0.3 is 4.74 Å². The van der Waals surface area contributed by atoms with E-state index in [0.717, 1.165) is 0 Å². The lowest BCUT2D eigenvalue weighted by molar-refractivity contribution is 0.403. The summed E-state index contributed by atoms with van der Waals surface area (Å²) in [6, 6.07) is 5.85. The molecule has 0 saturated carbocycles. The van der Waals surface area contributed by atoms with Crippen LogP contribution < -0.4 is 9.46 Å². The lowest BCUT2D eigenvalue weighted by Gasteiger charge is -2.10. The number of anilines is 1. The van der Waals surface area contributed by atoms with E-state index in [9.17, 15) is 8.42 Å². The Kier molecular flexibility index (Phi) is 3.44. The standard InChI is InChI=1S/C10H10ClN3O3S/c1-17-8-3-2-7(11)6-9(8)18(15,16)14-10-4-5-12-13-10/h2-6H,1H3,(H2,12,13,14). The van der Waals surface area contributed by atoms with Gasteiger partial charge in [-0.05, 0) is 18.2 Å². The predicted octanol–water partition coefficient (Wildman–Crippen LogP) is 1.87. The van der Waals surface area contributed by atoms with E-state index in [4.69, 9.17) is 16.3 Å². The molecule has 2 aromatic rings. The number of ether oxygens (including phenoxy) is 1. The molecule has 1 aromatic heterocycles. The zero-order valence-electron chi connectivity index (χ0n) is 9.34. The highest BCUT2D eigenvalue weighted by atomic mass is 35.5. The molecule has 0 amide bonds. The van der Waals surface area contributed by atoms with E-state index in [2.05, 4.69) is 14.9 Å². The number of hydrogen-bond donors (Lipinski definition) is 2. The van der Waals surface area contributed by atoms with Crippen LogP contribution in [0.3, 0.4) is 0 Å². The van der Waals surface area contributed by atoms with Crippen LogP contribution in [-0.4, -0.2) is 25.7 Å². The molecule has 8 heteroatoms. The first-order valence-electron chi connectivity index (χ1n) is 4.88. The number of rotatable bonds is 4. The van der Waals surface area contributed by atoms with Gasteiger partial charge in [0, 0.05) is 11.1 Å². The fourth-order valence-corrected chi connectivity index (χ4v) is 2.82. The molecule has 18 heavy (non-hydrogen) atoms. The van der Waals surface area contributed by atoms with Crippen LogP contribution in [0.5, 0.6) is 5.75 Å². The molecule has 0 saturated heterocycles. The molecule has 2 rings (SSSR count). The molecule has 0 spiro atoms. The number of aromatic amines is 1. The largest absolute Gasteiger partial charge is 0.495 e. The Morgan fingerprint density at radius 2 is 2.17 bits per heavy atom. The molecular weight excluding hydrogens is 278 g/mol. The number of halogens is 1. The average Bonchev–Trinajstić information content (AvgIpc) is 2.81. The minimum absolute atomic E-state index is 0.0351. The number of H-pyrrole nitrogens is 1. The summed E-state index contributed by atoms with van der Waals surface area (Å²) in [6.07, 6.45) is 1.44. The molecular formula is C10H10ClN3O3S. The third-order valence-electron chi connectivity index (χ3n) is 2.16. The maximum atomic E-state index is 12.1. The molecule has 1 aromatic carbocycles. The van der Waals surface area contributed by atoms with Crippen LogP contribution in [-0.2, 0) is 10.0 Å². The van der Waals surface area contributed by atoms with Crippen LogP contribution >= 0.6 is 11.6 Å². The van der Waals surface area contributed by atoms with Gasteiger partial charge in [-0.1, -0.05) is 11.6 Å². The van der Waals surface area contributed by atoms with Crippen molar-refractivity contribution in [1.29, 1.82) is 0 Å². The van der Waals surface area contributed by atoms with E-state index in [0.29, 0.717) is 5.02 Å². The molecule has 2 N–H and O–H groups in total. The van der Waals surface area contributed by atoms with Gasteiger partial charge in [0.15, 0.2) is 0 Å². The molecule has 0 bridgehead atoms. The summed E-state index contributed by atoms with van der Waals surface area (Å²) < 4.78 is 31.6. The number of nitrogens with zero attached hydrogens (tertiary/aromatic N) is 1. The maximum absolute atomic E-state index is 12.1. The second-order valence-electron chi connectivity index (χ2n) is 3.37. The molecule has 0 fully saturated rings. The first-order chi connectivity index (χ1) is 8.53. The Morgan fingerprint density at radius 1 is 1.39 bits per heavy atom. The van der Waals surface area contributed by atoms with Crippen molar-refractivity contribution in [1.82, 2.24) is 10.2 Å². The highest BCUT2D eigenvalue weighted by molar-refractivity contribution is 7.92. The maximum Gasteiger partial charge on any atom is 0.266 e. The monoisotopic (exact) mass is 287 g/mol. The number of aromatic nitrogens is 2. The van der Waals surface area contributed by atoms with Gasteiger partial charge in [-0.3, -0.25) is 9.82 Å². The number of hydrogen-bond acceptors (Lipinski definition) is 4. The van der Waals surface area contributed by atoms with Gasteiger partial charge in [-0.2, -0.15) is 5.10 Å². The second-order valence-corrected chi connectivity index (χ2v) is 5.46. The summed E-state index contributed by atoms with van der Waals surface area (Å²) in [5, 5.41) is 6.46. The lowest BCUT2D eigenvalue weighted by Crippen LogP contribution is -2.14. The molecule has 0 aliphatic carbocycles. The summed E-state index contributed by atoms with van der Waals surface area (Å²) >= 11 is 5.79. The summed E-state index contributed by atoms with van der Waals surface area (Å²) in [5.74, 6) is 0.475. The molecule has 0 unspecified atom stereocenters. The summed E-state index contributed by atoms with van der Waals surface area (Å²) in [6.45, 7) is 0. The summed E-state index contributed by atoms with van der Waals surface area (Å²) in [4.78, 5) is -0.0351. The molecule has 0 atom stereocenters. The van der Waals surface area contributed by atoms with Crippen LogP contribution in [0.4, 0.5) is 5.82 Å². The van der Waals surface area contributed by atoms with Crippen molar-refractivity contribution in [3.05, 3.63) is 35.5 Å². The van der Waals surface area contributed by atoms with Crippen molar-refractivity contribution >= 4 is 27.4 Å². The van der Waals surface area contributed by atoms with Crippen molar-refractivity contribution in [2.75, 3.05) is 11.8 Å². The topological polar surface area (TPSA) is 84.1 Å². The van der Waals surface area contributed by atoms with Crippen molar-refractivity contribution in [3.63, 3.8) is 0 Å². The van der Waals surface area contributed by atoms with Crippen molar-refractivity contribution in [2.24, 2.45) is 0 Å². The minimum Gasteiger partial charge on any atom is -0.495 e. The fraction of sp³-hybridized carbons (Fsp3) is 0.100. The number of sulfonamides is 1. The van der Waals surface area contributed by atoms with Gasteiger partial charge in [0.1, 0.15) is 16.5 Å². The molecule has 96 valence electrons. The van der Waals surface area contributed by atoms with Gasteiger partial charge in [-0.15, -0.1) is 0 Å². The second kappa shape index (κ2) is 4.87. The minimum atomic E-state index is -3.78. The highest BCUT2D eigenvalue weighted by Gasteiger charge is 2.20. The van der Waals surface area contributed by atoms with Gasteiger partial charge >= 0.3 is 0 Å². The predicted molar refractivity (Wildman–Crippen MR) is 67.4 cm³/mol. The zero-order valence-corrected chi connectivity index (χ0v) is 10.9. The molecule has 1 heterocycles. The Hall–Kier alpha value is -1.73. The average molecular weight is 288 g/mol. The third-order valence-corrected chi connectivity index (χ3v) is 3.78. The smallest absolute Gasteiger partial charge is 0.266 e. The quantitative estimate of drug-likeness (QED) is 0.899.